The van der Waals surface area contributed by atoms with E-state index in [1.807, 2.05) is 0 Å². The number of nitrogen functional groups attached to an aromatic ring is 1. The zero-order valence-electron chi connectivity index (χ0n) is 9.75. The lowest BCUT2D eigenvalue weighted by Gasteiger charge is -2.15. The minimum Gasteiger partial charge on any atom is -0.399 e. The number of hydrogen-bond donors (Lipinski definition) is 2. The number of halogens is 1. The highest BCUT2D eigenvalue weighted by atomic mass is 79.9. The number of nitrogens with one attached hydrogen (secondary N) is 1. The Balaban J connectivity index is 2.75. The normalized spacial score (nSPS) is 10.7. The van der Waals surface area contributed by atoms with Gasteiger partial charge in [0.15, 0.2) is 0 Å². The molecule has 0 aliphatic carbocycles. The van der Waals surface area contributed by atoms with Crippen molar-refractivity contribution in [1.82, 2.24) is 5.32 Å². The van der Waals surface area contributed by atoms with Crippen molar-refractivity contribution in [3.05, 3.63) is 28.2 Å². The number of rotatable bonds is 3. The first kappa shape index (κ1) is 13.5. The summed E-state index contributed by atoms with van der Waals surface area (Å²) in [5.74, 6) is -0.235. The van der Waals surface area contributed by atoms with Crippen LogP contribution in [-0.4, -0.2) is 12.5 Å². The standard InChI is InChI=1S/C12H14BrN3O/c1-12(2,6-14)7-16-11(17)8-3-9(13)5-10(15)4-8/h3-5H,7,15H2,1-2H3,(H,16,17). The molecule has 1 amide bonds. The molecule has 0 atom stereocenters. The molecule has 0 bridgehead atoms. The van der Waals surface area contributed by atoms with Crippen LogP contribution in [0.5, 0.6) is 0 Å². The molecule has 0 saturated heterocycles. The van der Waals surface area contributed by atoms with Crippen LogP contribution in [0.4, 0.5) is 5.69 Å². The molecule has 0 aromatic heterocycles. The predicted molar refractivity (Wildman–Crippen MR) is 70.3 cm³/mol. The lowest BCUT2D eigenvalue weighted by molar-refractivity contribution is 0.0943. The van der Waals surface area contributed by atoms with Gasteiger partial charge in [-0.25, -0.2) is 0 Å². The van der Waals surface area contributed by atoms with E-state index in [2.05, 4.69) is 27.3 Å². The molecule has 0 fully saturated rings. The van der Waals surface area contributed by atoms with Gasteiger partial charge in [0.05, 0.1) is 11.5 Å². The maximum absolute atomic E-state index is 11.8. The predicted octanol–water partition coefficient (Wildman–Crippen LogP) is 2.31. The first-order valence-electron chi connectivity index (χ1n) is 5.09. The van der Waals surface area contributed by atoms with Crippen molar-refractivity contribution in [1.29, 1.82) is 5.26 Å². The molecule has 0 unspecified atom stereocenters. The van der Waals surface area contributed by atoms with Crippen LogP contribution in [0.25, 0.3) is 0 Å². The summed E-state index contributed by atoms with van der Waals surface area (Å²) < 4.78 is 0.752. The Kier molecular flexibility index (Phi) is 4.13. The molecule has 4 nitrogen and oxygen atoms in total. The van der Waals surface area contributed by atoms with Gasteiger partial charge in [-0.1, -0.05) is 15.9 Å². The number of amides is 1. The lowest BCUT2D eigenvalue weighted by Crippen LogP contribution is -2.33. The summed E-state index contributed by atoms with van der Waals surface area (Å²) in [5.41, 5.74) is 6.06. The van der Waals surface area contributed by atoms with E-state index in [-0.39, 0.29) is 5.91 Å². The number of anilines is 1. The number of nitrogens with zero attached hydrogens (tertiary/aromatic N) is 1. The van der Waals surface area contributed by atoms with E-state index in [1.165, 1.54) is 0 Å². The van der Waals surface area contributed by atoms with Crippen molar-refractivity contribution in [2.45, 2.75) is 13.8 Å². The van der Waals surface area contributed by atoms with Crippen LogP contribution in [0.15, 0.2) is 22.7 Å². The molecule has 1 aromatic rings. The highest BCUT2D eigenvalue weighted by Gasteiger charge is 2.18. The van der Waals surface area contributed by atoms with Gasteiger partial charge in [0, 0.05) is 22.3 Å². The maximum atomic E-state index is 11.8. The zero-order chi connectivity index (χ0) is 13.1. The maximum Gasteiger partial charge on any atom is 0.251 e. The van der Waals surface area contributed by atoms with Crippen molar-refractivity contribution in [3.8, 4) is 6.07 Å². The number of hydrogen-bond acceptors (Lipinski definition) is 3. The third-order valence-corrected chi connectivity index (χ3v) is 2.63. The number of carbonyl (C=O) groups is 1. The van der Waals surface area contributed by atoms with E-state index >= 15 is 0 Å². The summed E-state index contributed by atoms with van der Waals surface area (Å²) in [4.78, 5) is 11.8. The Labute approximate surface area is 109 Å². The van der Waals surface area contributed by atoms with E-state index in [9.17, 15) is 4.79 Å². The molecule has 17 heavy (non-hydrogen) atoms. The molecule has 5 heteroatoms. The minimum absolute atomic E-state index is 0.235. The lowest BCUT2D eigenvalue weighted by atomic mass is 9.96. The van der Waals surface area contributed by atoms with Gasteiger partial charge >= 0.3 is 0 Å². The Morgan fingerprint density at radius 2 is 2.18 bits per heavy atom. The SMILES string of the molecule is CC(C)(C#N)CNC(=O)c1cc(N)cc(Br)c1. The number of nitrogens with two attached hydrogens (primary N) is 1. The smallest absolute Gasteiger partial charge is 0.251 e. The Morgan fingerprint density at radius 1 is 1.53 bits per heavy atom. The quantitative estimate of drug-likeness (QED) is 0.840. The minimum atomic E-state index is -0.576. The molecule has 0 saturated carbocycles. The number of nitriles is 1. The second-order valence-electron chi connectivity index (χ2n) is 4.45. The van der Waals surface area contributed by atoms with E-state index in [0.29, 0.717) is 17.8 Å². The number of carbonyl (C=O) groups excluding carboxylic acids is 1. The fourth-order valence-corrected chi connectivity index (χ4v) is 1.70. The summed E-state index contributed by atoms with van der Waals surface area (Å²) in [6, 6.07) is 7.12. The van der Waals surface area contributed by atoms with Crippen molar-refractivity contribution in [3.63, 3.8) is 0 Å². The molecular weight excluding hydrogens is 282 g/mol. The van der Waals surface area contributed by atoms with Crippen LogP contribution in [-0.2, 0) is 0 Å². The highest BCUT2D eigenvalue weighted by Crippen LogP contribution is 2.17. The van der Waals surface area contributed by atoms with E-state index < -0.39 is 5.41 Å². The first-order chi connectivity index (χ1) is 7.84. The fraction of sp³-hybridized carbons (Fsp3) is 0.333. The van der Waals surface area contributed by atoms with Crippen LogP contribution in [0, 0.1) is 16.7 Å². The molecular formula is C12H14BrN3O. The fourth-order valence-electron chi connectivity index (χ4n) is 1.19. The summed E-state index contributed by atoms with van der Waals surface area (Å²) >= 11 is 3.27. The van der Waals surface area contributed by atoms with Gasteiger partial charge in [-0.05, 0) is 32.0 Å². The van der Waals surface area contributed by atoms with Crippen molar-refractivity contribution in [2.24, 2.45) is 5.41 Å². The van der Waals surface area contributed by atoms with Gasteiger partial charge in [0.1, 0.15) is 0 Å². The average molecular weight is 296 g/mol. The Hall–Kier alpha value is -1.54. The second kappa shape index (κ2) is 5.19. The topological polar surface area (TPSA) is 78.9 Å². The third kappa shape index (κ3) is 4.08. The van der Waals surface area contributed by atoms with Gasteiger partial charge in [0.2, 0.25) is 0 Å². The molecule has 90 valence electrons. The van der Waals surface area contributed by atoms with Crippen molar-refractivity contribution >= 4 is 27.5 Å². The molecule has 3 N–H and O–H groups in total. The van der Waals surface area contributed by atoms with E-state index in [0.717, 1.165) is 4.47 Å². The molecule has 0 aliphatic heterocycles. The molecule has 1 aromatic carbocycles. The van der Waals surface area contributed by atoms with E-state index in [4.69, 9.17) is 11.0 Å². The summed E-state index contributed by atoms with van der Waals surface area (Å²) in [7, 11) is 0. The van der Waals surface area contributed by atoms with Crippen LogP contribution < -0.4 is 11.1 Å². The molecule has 1 rings (SSSR count). The Morgan fingerprint density at radius 3 is 2.71 bits per heavy atom. The van der Waals surface area contributed by atoms with Crippen LogP contribution >= 0.6 is 15.9 Å². The molecule has 0 radical (unpaired) electrons. The second-order valence-corrected chi connectivity index (χ2v) is 5.37. The van der Waals surface area contributed by atoms with Gasteiger partial charge in [-0.15, -0.1) is 0 Å². The van der Waals surface area contributed by atoms with Crippen molar-refractivity contribution < 1.29 is 4.79 Å². The molecule has 0 spiro atoms. The number of benzene rings is 1. The monoisotopic (exact) mass is 295 g/mol. The largest absolute Gasteiger partial charge is 0.399 e. The average Bonchev–Trinajstić information content (AvgIpc) is 2.24. The summed E-state index contributed by atoms with van der Waals surface area (Å²) in [5, 5.41) is 11.5. The summed E-state index contributed by atoms with van der Waals surface area (Å²) in [6.07, 6.45) is 0. The molecule has 0 heterocycles. The van der Waals surface area contributed by atoms with Gasteiger partial charge in [-0.3, -0.25) is 4.79 Å². The van der Waals surface area contributed by atoms with Gasteiger partial charge in [0.25, 0.3) is 5.91 Å². The van der Waals surface area contributed by atoms with Gasteiger partial charge in [-0.2, -0.15) is 5.26 Å². The van der Waals surface area contributed by atoms with Gasteiger partial charge < -0.3 is 11.1 Å². The third-order valence-electron chi connectivity index (χ3n) is 2.18. The van der Waals surface area contributed by atoms with E-state index in [1.54, 1.807) is 32.0 Å². The van der Waals surface area contributed by atoms with Crippen LogP contribution in [0.1, 0.15) is 24.2 Å². The highest BCUT2D eigenvalue weighted by molar-refractivity contribution is 9.10. The first-order valence-corrected chi connectivity index (χ1v) is 5.89. The Bertz CT molecular complexity index is 457. The zero-order valence-corrected chi connectivity index (χ0v) is 11.3. The summed E-state index contributed by atoms with van der Waals surface area (Å²) in [6.45, 7) is 3.83. The van der Waals surface area contributed by atoms with Crippen LogP contribution in [0.3, 0.4) is 0 Å². The molecule has 0 aliphatic rings. The van der Waals surface area contributed by atoms with Crippen LogP contribution in [0.2, 0.25) is 0 Å². The van der Waals surface area contributed by atoms with Crippen molar-refractivity contribution in [2.75, 3.05) is 12.3 Å².